The van der Waals surface area contributed by atoms with Crippen LogP contribution < -0.4 is 0 Å². The summed E-state index contributed by atoms with van der Waals surface area (Å²) in [4.78, 5) is 23.5. The molecule has 20 heavy (non-hydrogen) atoms. The second kappa shape index (κ2) is 4.06. The van der Waals surface area contributed by atoms with Gasteiger partial charge < -0.3 is 4.74 Å². The van der Waals surface area contributed by atoms with Gasteiger partial charge in [0.05, 0.1) is 11.1 Å². The van der Waals surface area contributed by atoms with E-state index < -0.39 is 11.9 Å². The van der Waals surface area contributed by atoms with Gasteiger partial charge >= 0.3 is 11.9 Å². The third-order valence-corrected chi connectivity index (χ3v) is 3.87. The Bertz CT molecular complexity index is 769. The van der Waals surface area contributed by atoms with Crippen LogP contribution in [0.5, 0.6) is 0 Å². The Morgan fingerprint density at radius 1 is 1.00 bits per heavy atom. The van der Waals surface area contributed by atoms with Gasteiger partial charge in [-0.3, -0.25) is 0 Å². The zero-order chi connectivity index (χ0) is 14.7. The second-order valence-corrected chi connectivity index (χ2v) is 6.38. The van der Waals surface area contributed by atoms with Crippen molar-refractivity contribution in [1.82, 2.24) is 0 Å². The molecule has 1 heterocycles. The molecule has 0 atom stereocenters. The van der Waals surface area contributed by atoms with E-state index in [-0.39, 0.29) is 11.0 Å². The van der Waals surface area contributed by atoms with Crippen molar-refractivity contribution in [2.75, 3.05) is 0 Å². The first-order valence-corrected chi connectivity index (χ1v) is 6.70. The molecule has 0 saturated heterocycles. The van der Waals surface area contributed by atoms with Crippen LogP contribution in [0, 0.1) is 0 Å². The van der Waals surface area contributed by atoms with Crippen molar-refractivity contribution in [3.63, 3.8) is 0 Å². The molecule has 1 aliphatic rings. The molecule has 0 radical (unpaired) electrons. The summed E-state index contributed by atoms with van der Waals surface area (Å²) < 4.78 is 4.68. The van der Waals surface area contributed by atoms with Gasteiger partial charge in [0.2, 0.25) is 0 Å². The summed E-state index contributed by atoms with van der Waals surface area (Å²) in [5.41, 5.74) is 1.58. The largest absolute Gasteiger partial charge is 0.386 e. The highest BCUT2D eigenvalue weighted by atomic mass is 35.5. The van der Waals surface area contributed by atoms with Crippen LogP contribution in [0.15, 0.2) is 24.3 Å². The Kier molecular flexibility index (Phi) is 2.67. The van der Waals surface area contributed by atoms with Crippen LogP contribution in [0.1, 0.15) is 47.1 Å². The topological polar surface area (TPSA) is 43.4 Å². The van der Waals surface area contributed by atoms with Crippen LogP contribution in [-0.2, 0) is 10.2 Å². The number of halogens is 1. The number of carbonyl (C=O) groups excluding carboxylic acids is 2. The fourth-order valence-corrected chi connectivity index (χ4v) is 2.69. The van der Waals surface area contributed by atoms with Crippen molar-refractivity contribution >= 4 is 34.3 Å². The minimum absolute atomic E-state index is 0.0596. The van der Waals surface area contributed by atoms with Crippen molar-refractivity contribution in [1.29, 1.82) is 0 Å². The Morgan fingerprint density at radius 3 is 2.35 bits per heavy atom. The summed E-state index contributed by atoms with van der Waals surface area (Å²) in [5, 5.41) is 1.88. The maximum atomic E-state index is 11.9. The Labute approximate surface area is 121 Å². The molecule has 0 N–H and O–H groups in total. The lowest BCUT2D eigenvalue weighted by Crippen LogP contribution is -2.11. The normalized spacial score (nSPS) is 14.6. The predicted octanol–water partition coefficient (Wildman–Crippen LogP) is 4.10. The van der Waals surface area contributed by atoms with Gasteiger partial charge in [-0.15, -0.1) is 0 Å². The number of carbonyl (C=O) groups is 2. The minimum atomic E-state index is -0.630. The zero-order valence-electron chi connectivity index (χ0n) is 11.4. The van der Waals surface area contributed by atoms with Gasteiger partial charge in [0, 0.05) is 10.4 Å². The average Bonchev–Trinajstić information content (AvgIpc) is 2.63. The highest BCUT2D eigenvalue weighted by molar-refractivity contribution is 6.37. The van der Waals surface area contributed by atoms with E-state index in [1.165, 1.54) is 6.07 Å². The van der Waals surface area contributed by atoms with Crippen molar-refractivity contribution in [2.45, 2.75) is 26.2 Å². The first-order chi connectivity index (χ1) is 9.29. The number of hydrogen-bond donors (Lipinski definition) is 0. The van der Waals surface area contributed by atoms with Crippen LogP contribution in [-0.4, -0.2) is 11.9 Å². The quantitative estimate of drug-likeness (QED) is 0.541. The molecule has 0 aromatic heterocycles. The van der Waals surface area contributed by atoms with E-state index in [4.69, 9.17) is 11.6 Å². The number of esters is 2. The van der Waals surface area contributed by atoms with Gasteiger partial charge in [-0.1, -0.05) is 44.5 Å². The molecular weight excluding hydrogens is 276 g/mol. The minimum Gasteiger partial charge on any atom is -0.386 e. The van der Waals surface area contributed by atoms with Crippen LogP contribution >= 0.6 is 11.6 Å². The standard InChI is InChI=1S/C16H13ClO3/c1-16(2,3)8-4-5-9-10(6-8)13-11(7-12(9)17)14(18)20-15(13)19/h4-7H,1-3H3. The van der Waals surface area contributed by atoms with Crippen molar-refractivity contribution in [3.8, 4) is 0 Å². The van der Waals surface area contributed by atoms with Gasteiger partial charge in [-0.05, 0) is 28.5 Å². The Morgan fingerprint density at radius 2 is 1.70 bits per heavy atom. The molecule has 1 aliphatic heterocycles. The van der Waals surface area contributed by atoms with E-state index in [1.54, 1.807) is 0 Å². The number of rotatable bonds is 0. The van der Waals surface area contributed by atoms with Gasteiger partial charge in [0.1, 0.15) is 0 Å². The molecule has 2 aromatic rings. The molecule has 3 rings (SSSR count). The number of fused-ring (bicyclic) bond motifs is 3. The third kappa shape index (κ3) is 1.81. The van der Waals surface area contributed by atoms with Crippen molar-refractivity contribution in [3.05, 3.63) is 46.0 Å². The first-order valence-electron chi connectivity index (χ1n) is 6.32. The fraction of sp³-hybridized carbons (Fsp3) is 0.250. The molecule has 0 saturated carbocycles. The summed E-state index contributed by atoms with van der Waals surface area (Å²) in [6, 6.07) is 7.29. The number of hydrogen-bond acceptors (Lipinski definition) is 3. The average molecular weight is 289 g/mol. The Hall–Kier alpha value is -1.87. The van der Waals surface area contributed by atoms with Crippen molar-refractivity contribution in [2.24, 2.45) is 0 Å². The van der Waals surface area contributed by atoms with Gasteiger partial charge in [0.15, 0.2) is 0 Å². The smallest absolute Gasteiger partial charge is 0.347 e. The zero-order valence-corrected chi connectivity index (χ0v) is 12.2. The third-order valence-electron chi connectivity index (χ3n) is 3.56. The van der Waals surface area contributed by atoms with Gasteiger partial charge in [0.25, 0.3) is 0 Å². The molecule has 0 spiro atoms. The molecule has 0 fully saturated rings. The molecular formula is C16H13ClO3. The van der Waals surface area contributed by atoms with Crippen LogP contribution in [0.2, 0.25) is 5.02 Å². The molecule has 0 aliphatic carbocycles. The molecule has 102 valence electrons. The molecule has 3 nitrogen and oxygen atoms in total. The summed E-state index contributed by atoms with van der Waals surface area (Å²) in [7, 11) is 0. The summed E-state index contributed by atoms with van der Waals surface area (Å²) in [5.74, 6) is -1.23. The molecule has 0 bridgehead atoms. The van der Waals surface area contributed by atoms with E-state index >= 15 is 0 Å². The highest BCUT2D eigenvalue weighted by Gasteiger charge is 2.33. The molecule has 0 unspecified atom stereocenters. The van der Waals surface area contributed by atoms with E-state index in [0.717, 1.165) is 10.9 Å². The van der Waals surface area contributed by atoms with E-state index in [2.05, 4.69) is 25.5 Å². The lowest BCUT2D eigenvalue weighted by molar-refractivity contribution is 0.0444. The second-order valence-electron chi connectivity index (χ2n) is 5.97. The van der Waals surface area contributed by atoms with Crippen molar-refractivity contribution < 1.29 is 14.3 Å². The summed E-state index contributed by atoms with van der Waals surface area (Å²) >= 11 is 6.20. The van der Waals surface area contributed by atoms with Gasteiger partial charge in [-0.25, -0.2) is 9.59 Å². The predicted molar refractivity (Wildman–Crippen MR) is 77.4 cm³/mol. The van der Waals surface area contributed by atoms with Crippen LogP contribution in [0.3, 0.4) is 0 Å². The molecule has 0 amide bonds. The SMILES string of the molecule is CC(C)(C)c1ccc2c(Cl)cc3c(c2c1)C(=O)OC3=O. The molecule has 2 aromatic carbocycles. The monoisotopic (exact) mass is 288 g/mol. The lowest BCUT2D eigenvalue weighted by atomic mass is 9.85. The summed E-state index contributed by atoms with van der Waals surface area (Å²) in [6.07, 6.45) is 0. The summed E-state index contributed by atoms with van der Waals surface area (Å²) in [6.45, 7) is 6.26. The maximum Gasteiger partial charge on any atom is 0.347 e. The van der Waals surface area contributed by atoms with E-state index in [9.17, 15) is 9.59 Å². The Balaban J connectivity index is 2.42. The first kappa shape index (κ1) is 13.1. The van der Waals surface area contributed by atoms with E-state index in [0.29, 0.717) is 16.0 Å². The van der Waals surface area contributed by atoms with E-state index in [1.807, 2.05) is 18.2 Å². The highest BCUT2D eigenvalue weighted by Crippen LogP contribution is 2.36. The fourth-order valence-electron chi connectivity index (χ4n) is 2.42. The number of cyclic esters (lactones) is 2. The molecule has 4 heteroatoms. The van der Waals surface area contributed by atoms with Gasteiger partial charge in [-0.2, -0.15) is 0 Å². The number of ether oxygens (including phenoxy) is 1. The maximum absolute atomic E-state index is 11.9. The van der Waals surface area contributed by atoms with Crippen LogP contribution in [0.4, 0.5) is 0 Å². The van der Waals surface area contributed by atoms with Crippen LogP contribution in [0.25, 0.3) is 10.8 Å². The number of benzene rings is 2. The lowest BCUT2D eigenvalue weighted by Gasteiger charge is -2.20.